The molecule has 2 aromatic carbocycles. The van der Waals surface area contributed by atoms with Crippen LogP contribution in [0.1, 0.15) is 54.1 Å². The summed E-state index contributed by atoms with van der Waals surface area (Å²) in [6, 6.07) is 15.0. The van der Waals surface area contributed by atoms with E-state index in [0.29, 0.717) is 24.3 Å². The summed E-state index contributed by atoms with van der Waals surface area (Å²) in [7, 11) is 3.24. The van der Waals surface area contributed by atoms with Crippen LogP contribution in [0.3, 0.4) is 0 Å². The number of hydrogen-bond acceptors (Lipinski definition) is 4. The van der Waals surface area contributed by atoms with Gasteiger partial charge >= 0.3 is 0 Å². The Labute approximate surface area is 172 Å². The topological polar surface area (TPSA) is 59.0 Å². The lowest BCUT2D eigenvalue weighted by Crippen LogP contribution is -2.56. The minimum atomic E-state index is -0.735. The molecule has 2 fully saturated rings. The van der Waals surface area contributed by atoms with Crippen LogP contribution in [0.25, 0.3) is 0 Å². The molecule has 1 aliphatic heterocycles. The van der Waals surface area contributed by atoms with Crippen molar-refractivity contribution in [2.75, 3.05) is 20.8 Å². The van der Waals surface area contributed by atoms with Gasteiger partial charge in [0.25, 0.3) is 5.91 Å². The lowest BCUT2D eigenvalue weighted by Gasteiger charge is -2.52. The lowest BCUT2D eigenvalue weighted by atomic mass is 9.66. The van der Waals surface area contributed by atoms with Crippen LogP contribution in [0.5, 0.6) is 11.5 Å². The minimum Gasteiger partial charge on any atom is -0.496 e. The van der Waals surface area contributed by atoms with Gasteiger partial charge in [0.15, 0.2) is 0 Å². The molecule has 0 aromatic heterocycles. The quantitative estimate of drug-likeness (QED) is 0.842. The second-order valence-electron chi connectivity index (χ2n) is 8.09. The van der Waals surface area contributed by atoms with Gasteiger partial charge in [0.2, 0.25) is 0 Å². The van der Waals surface area contributed by atoms with E-state index in [0.717, 1.165) is 37.0 Å². The number of hydrogen-bond donors (Lipinski definition) is 1. The van der Waals surface area contributed by atoms with E-state index in [-0.39, 0.29) is 17.9 Å². The number of carbonyl (C=O) groups excluding carboxylic acids is 1. The van der Waals surface area contributed by atoms with Gasteiger partial charge in [-0.1, -0.05) is 43.2 Å². The fourth-order valence-electron chi connectivity index (χ4n) is 5.18. The van der Waals surface area contributed by atoms with E-state index in [1.54, 1.807) is 14.2 Å². The maximum atomic E-state index is 13.7. The summed E-state index contributed by atoms with van der Waals surface area (Å²) in [4.78, 5) is 15.6. The summed E-state index contributed by atoms with van der Waals surface area (Å²) in [6.45, 7) is 0.507. The van der Waals surface area contributed by atoms with E-state index >= 15 is 0 Å². The van der Waals surface area contributed by atoms with Crippen molar-refractivity contribution in [3.63, 3.8) is 0 Å². The number of methoxy groups -OCH3 is 2. The number of amides is 1. The average Bonchev–Trinajstić information content (AvgIpc) is 2.77. The Balaban J connectivity index is 1.80. The van der Waals surface area contributed by atoms with Gasteiger partial charge in [0.05, 0.1) is 31.4 Å². The molecular weight excluding hydrogens is 366 g/mol. The molecule has 1 N–H and O–H groups in total. The molecule has 5 heteroatoms. The van der Waals surface area contributed by atoms with Gasteiger partial charge in [0.1, 0.15) is 11.5 Å². The number of likely N-dealkylation sites (tertiary alicyclic amines) is 1. The highest BCUT2D eigenvalue weighted by molar-refractivity contribution is 5.97. The van der Waals surface area contributed by atoms with Crippen molar-refractivity contribution in [2.24, 2.45) is 5.92 Å². The number of para-hydroxylation sites is 2. The van der Waals surface area contributed by atoms with Gasteiger partial charge in [-0.2, -0.15) is 0 Å². The number of nitrogens with zero attached hydrogens (tertiary/aromatic N) is 1. The van der Waals surface area contributed by atoms with E-state index in [1.807, 2.05) is 53.4 Å². The van der Waals surface area contributed by atoms with Gasteiger partial charge in [-0.25, -0.2) is 0 Å². The van der Waals surface area contributed by atoms with Crippen molar-refractivity contribution < 1.29 is 19.4 Å². The van der Waals surface area contributed by atoms with Crippen LogP contribution >= 0.6 is 0 Å². The first-order valence-corrected chi connectivity index (χ1v) is 10.4. The normalized spacial score (nSPS) is 26.5. The summed E-state index contributed by atoms with van der Waals surface area (Å²) in [6.07, 6.45) is 4.39. The number of fused-ring (bicyclic) bond motifs is 1. The summed E-state index contributed by atoms with van der Waals surface area (Å²) in [5, 5.41) is 11.5. The third kappa shape index (κ3) is 3.48. The van der Waals surface area contributed by atoms with Crippen LogP contribution in [0, 0.1) is 5.92 Å². The number of benzene rings is 2. The second kappa shape index (κ2) is 8.07. The fourth-order valence-corrected chi connectivity index (χ4v) is 5.18. The Bertz CT molecular complexity index is 883. The van der Waals surface area contributed by atoms with Crippen molar-refractivity contribution in [1.29, 1.82) is 0 Å². The zero-order valence-electron chi connectivity index (χ0n) is 17.1. The van der Waals surface area contributed by atoms with Crippen LogP contribution in [-0.4, -0.2) is 42.3 Å². The van der Waals surface area contributed by atoms with E-state index in [9.17, 15) is 9.90 Å². The molecule has 4 rings (SSSR count). The molecule has 5 nitrogen and oxygen atoms in total. The Morgan fingerprint density at radius 2 is 1.69 bits per heavy atom. The third-order valence-corrected chi connectivity index (χ3v) is 6.62. The molecule has 1 heterocycles. The highest BCUT2D eigenvalue weighted by Gasteiger charge is 2.51. The summed E-state index contributed by atoms with van der Waals surface area (Å²) in [5.74, 6) is 1.25. The van der Waals surface area contributed by atoms with Crippen molar-refractivity contribution >= 4 is 5.91 Å². The Morgan fingerprint density at radius 1 is 1.00 bits per heavy atom. The van der Waals surface area contributed by atoms with Gasteiger partial charge in [-0.05, 0) is 37.5 Å². The number of carbonyl (C=O) groups is 1. The van der Waals surface area contributed by atoms with E-state index in [2.05, 4.69) is 0 Å². The van der Waals surface area contributed by atoms with Crippen molar-refractivity contribution in [2.45, 2.75) is 43.7 Å². The predicted octanol–water partition coefficient (Wildman–Crippen LogP) is 4.21. The molecule has 0 bridgehead atoms. The molecule has 0 radical (unpaired) electrons. The third-order valence-electron chi connectivity index (χ3n) is 6.62. The Morgan fingerprint density at radius 3 is 2.45 bits per heavy atom. The van der Waals surface area contributed by atoms with Crippen molar-refractivity contribution in [3.8, 4) is 11.5 Å². The molecular formula is C24H29NO4. The second-order valence-corrected chi connectivity index (χ2v) is 8.09. The molecule has 0 spiro atoms. The van der Waals surface area contributed by atoms with E-state index in [4.69, 9.17) is 9.47 Å². The summed E-state index contributed by atoms with van der Waals surface area (Å²) < 4.78 is 11.1. The van der Waals surface area contributed by atoms with Gasteiger partial charge < -0.3 is 19.5 Å². The molecule has 3 atom stereocenters. The lowest BCUT2D eigenvalue weighted by molar-refractivity contribution is -0.115. The van der Waals surface area contributed by atoms with Gasteiger partial charge in [0, 0.05) is 18.0 Å². The maximum absolute atomic E-state index is 13.7. The fraction of sp³-hybridized carbons (Fsp3) is 0.458. The number of ether oxygens (including phenoxy) is 2. The molecule has 1 amide bonds. The van der Waals surface area contributed by atoms with Crippen LogP contribution in [0.4, 0.5) is 0 Å². The Kier molecular flexibility index (Phi) is 5.50. The summed E-state index contributed by atoms with van der Waals surface area (Å²) in [5.41, 5.74) is 0.779. The molecule has 2 aliphatic rings. The molecule has 1 saturated heterocycles. The van der Waals surface area contributed by atoms with E-state index < -0.39 is 5.60 Å². The molecule has 1 aliphatic carbocycles. The first-order chi connectivity index (χ1) is 14.1. The smallest absolute Gasteiger partial charge is 0.258 e. The maximum Gasteiger partial charge on any atom is 0.258 e. The highest BCUT2D eigenvalue weighted by Crippen LogP contribution is 2.51. The van der Waals surface area contributed by atoms with Gasteiger partial charge in [-0.3, -0.25) is 4.79 Å². The number of aliphatic hydroxyl groups is 1. The standard InChI is InChI=1S/C24H29NO4/c1-28-20-12-5-3-9-17(20)22-19-11-7-8-14-24(19,27)15-16-25(22)23(26)18-10-4-6-13-21(18)29-2/h3-6,9-10,12-13,19,22,27H,7-8,11,14-16H2,1-2H3/t19-,22+,24-/m1/s1. The minimum absolute atomic E-state index is 0.0139. The van der Waals surface area contributed by atoms with Crippen LogP contribution < -0.4 is 9.47 Å². The predicted molar refractivity (Wildman–Crippen MR) is 111 cm³/mol. The molecule has 0 unspecified atom stereocenters. The van der Waals surface area contributed by atoms with Crippen LogP contribution in [0.2, 0.25) is 0 Å². The van der Waals surface area contributed by atoms with E-state index in [1.165, 1.54) is 0 Å². The van der Waals surface area contributed by atoms with Crippen molar-refractivity contribution in [3.05, 3.63) is 59.7 Å². The van der Waals surface area contributed by atoms with Gasteiger partial charge in [-0.15, -0.1) is 0 Å². The first kappa shape index (κ1) is 19.8. The monoisotopic (exact) mass is 395 g/mol. The first-order valence-electron chi connectivity index (χ1n) is 10.4. The average molecular weight is 395 g/mol. The zero-order chi connectivity index (χ0) is 20.4. The summed E-state index contributed by atoms with van der Waals surface area (Å²) >= 11 is 0. The Hall–Kier alpha value is -2.53. The molecule has 2 aromatic rings. The van der Waals surface area contributed by atoms with Crippen LogP contribution in [-0.2, 0) is 0 Å². The highest BCUT2D eigenvalue weighted by atomic mass is 16.5. The van der Waals surface area contributed by atoms with Crippen molar-refractivity contribution in [1.82, 2.24) is 4.90 Å². The number of rotatable bonds is 4. The zero-order valence-corrected chi connectivity index (χ0v) is 17.1. The largest absolute Gasteiger partial charge is 0.496 e. The SMILES string of the molecule is COc1ccccc1C(=O)N1CC[C@]2(O)CCCC[C@@H]2[C@@H]1c1ccccc1OC. The molecule has 154 valence electrons. The van der Waals surface area contributed by atoms with Crippen LogP contribution in [0.15, 0.2) is 48.5 Å². The molecule has 1 saturated carbocycles. The number of piperidine rings is 1. The molecule has 29 heavy (non-hydrogen) atoms.